The van der Waals surface area contributed by atoms with E-state index in [1.54, 1.807) is 12.1 Å². The second kappa shape index (κ2) is 7.41. The Morgan fingerprint density at radius 3 is 2.42 bits per heavy atom. The van der Waals surface area contributed by atoms with Gasteiger partial charge in [-0.3, -0.25) is 4.79 Å². The summed E-state index contributed by atoms with van der Waals surface area (Å²) in [7, 11) is -3.73. The highest BCUT2D eigenvalue weighted by Crippen LogP contribution is 2.13. The van der Waals surface area contributed by atoms with Gasteiger partial charge in [0.25, 0.3) is 0 Å². The fourth-order valence-corrected chi connectivity index (χ4v) is 2.74. The summed E-state index contributed by atoms with van der Waals surface area (Å²) in [5.74, 6) is -0.480. The molecule has 24 heavy (non-hydrogen) atoms. The number of hydrogen-bond donors (Lipinski definition) is 1. The molecule has 0 saturated carbocycles. The van der Waals surface area contributed by atoms with Crippen molar-refractivity contribution < 1.29 is 27.2 Å². The molecule has 0 saturated heterocycles. The molecule has 8 heteroatoms. The molecule has 1 aromatic carbocycles. The van der Waals surface area contributed by atoms with Crippen LogP contribution >= 0.6 is 0 Å². The van der Waals surface area contributed by atoms with Gasteiger partial charge in [0.15, 0.2) is 11.9 Å². The summed E-state index contributed by atoms with van der Waals surface area (Å²) in [6, 6.07) is 8.55. The molecule has 0 amide bonds. The summed E-state index contributed by atoms with van der Waals surface area (Å²) < 4.78 is 36.7. The Kier molecular flexibility index (Phi) is 5.53. The maximum Gasteiger partial charge on any atom is 0.338 e. The van der Waals surface area contributed by atoms with E-state index in [-0.39, 0.29) is 22.8 Å². The second-order valence-electron chi connectivity index (χ2n) is 5.09. The van der Waals surface area contributed by atoms with Gasteiger partial charge in [-0.05, 0) is 50.2 Å². The summed E-state index contributed by atoms with van der Waals surface area (Å²) >= 11 is 0. The number of carbonyl (C=O) groups is 2. The molecule has 0 aliphatic rings. The minimum absolute atomic E-state index is 0.00484. The van der Waals surface area contributed by atoms with Gasteiger partial charge in [-0.15, -0.1) is 0 Å². The van der Waals surface area contributed by atoms with Crippen LogP contribution in [0.4, 0.5) is 0 Å². The van der Waals surface area contributed by atoms with E-state index in [9.17, 15) is 18.0 Å². The zero-order valence-electron chi connectivity index (χ0n) is 13.2. The van der Waals surface area contributed by atoms with E-state index in [4.69, 9.17) is 9.15 Å². The molecule has 0 radical (unpaired) electrons. The van der Waals surface area contributed by atoms with Crippen LogP contribution in [0.25, 0.3) is 0 Å². The highest BCUT2D eigenvalue weighted by molar-refractivity contribution is 7.89. The number of benzene rings is 1. The number of sulfonamides is 1. The molecule has 1 N–H and O–H groups in total. The van der Waals surface area contributed by atoms with Crippen LogP contribution in [0.2, 0.25) is 0 Å². The molecule has 0 spiro atoms. The predicted molar refractivity (Wildman–Crippen MR) is 84.7 cm³/mol. The molecule has 0 aliphatic carbocycles. The van der Waals surface area contributed by atoms with Crippen molar-refractivity contribution in [2.75, 3.05) is 0 Å². The monoisotopic (exact) mass is 351 g/mol. The number of ether oxygens (including phenoxy) is 1. The van der Waals surface area contributed by atoms with E-state index in [0.29, 0.717) is 5.76 Å². The summed E-state index contributed by atoms with van der Waals surface area (Å²) in [4.78, 5) is 22.9. The van der Waals surface area contributed by atoms with Crippen LogP contribution < -0.4 is 4.72 Å². The van der Waals surface area contributed by atoms with Gasteiger partial charge in [0, 0.05) is 0 Å². The molecule has 2 rings (SSSR count). The number of hydrogen-bond acceptors (Lipinski definition) is 6. The largest absolute Gasteiger partial charge is 0.468 e. The molecule has 1 heterocycles. The number of carbonyl (C=O) groups excluding carboxylic acids is 2. The molecular formula is C16H17NO6S. The molecular weight excluding hydrogens is 334 g/mol. The van der Waals surface area contributed by atoms with Gasteiger partial charge in [-0.1, -0.05) is 0 Å². The Labute approximate surface area is 139 Å². The van der Waals surface area contributed by atoms with E-state index in [1.165, 1.54) is 44.4 Å². The van der Waals surface area contributed by atoms with Crippen LogP contribution in [0.15, 0.2) is 52.0 Å². The van der Waals surface area contributed by atoms with Gasteiger partial charge in [0.05, 0.1) is 23.3 Å². The first-order valence-electron chi connectivity index (χ1n) is 7.13. The normalized spacial score (nSPS) is 12.6. The third kappa shape index (κ3) is 4.53. The third-order valence-electron chi connectivity index (χ3n) is 3.27. The van der Waals surface area contributed by atoms with Gasteiger partial charge >= 0.3 is 5.97 Å². The minimum Gasteiger partial charge on any atom is -0.468 e. The summed E-state index contributed by atoms with van der Waals surface area (Å²) in [6.07, 6.45) is 0.599. The SMILES string of the molecule is CC(=O)C(C)OC(=O)c1ccc(S(=O)(=O)NCc2ccco2)cc1. The van der Waals surface area contributed by atoms with Crippen LogP contribution in [-0.4, -0.2) is 26.3 Å². The lowest BCUT2D eigenvalue weighted by atomic mass is 10.2. The maximum atomic E-state index is 12.2. The second-order valence-corrected chi connectivity index (χ2v) is 6.85. The lowest BCUT2D eigenvalue weighted by Gasteiger charge is -2.10. The number of ketones is 1. The topological polar surface area (TPSA) is 103 Å². The molecule has 7 nitrogen and oxygen atoms in total. The molecule has 1 atom stereocenters. The van der Waals surface area contributed by atoms with Crippen molar-refractivity contribution in [3.63, 3.8) is 0 Å². The number of rotatable bonds is 7. The van der Waals surface area contributed by atoms with E-state index < -0.39 is 22.1 Å². The van der Waals surface area contributed by atoms with Crippen LogP contribution in [-0.2, 0) is 26.1 Å². The minimum atomic E-state index is -3.73. The van der Waals surface area contributed by atoms with Crippen LogP contribution in [0.5, 0.6) is 0 Å². The smallest absolute Gasteiger partial charge is 0.338 e. The average molecular weight is 351 g/mol. The Balaban J connectivity index is 2.05. The molecule has 1 unspecified atom stereocenters. The highest BCUT2D eigenvalue weighted by atomic mass is 32.2. The average Bonchev–Trinajstić information content (AvgIpc) is 3.06. The zero-order valence-corrected chi connectivity index (χ0v) is 14.0. The van der Waals surface area contributed by atoms with E-state index >= 15 is 0 Å². The Morgan fingerprint density at radius 2 is 1.88 bits per heavy atom. The van der Waals surface area contributed by atoms with Crippen molar-refractivity contribution in [3.05, 3.63) is 54.0 Å². The van der Waals surface area contributed by atoms with Crippen LogP contribution in [0.1, 0.15) is 30.0 Å². The predicted octanol–water partition coefficient (Wildman–Crippen LogP) is 1.89. The van der Waals surface area contributed by atoms with E-state index in [0.717, 1.165) is 0 Å². The Bertz CT molecular complexity index is 809. The Morgan fingerprint density at radius 1 is 1.21 bits per heavy atom. The summed E-state index contributed by atoms with van der Waals surface area (Å²) in [5.41, 5.74) is 0.160. The molecule has 128 valence electrons. The lowest BCUT2D eigenvalue weighted by molar-refractivity contribution is -0.124. The molecule has 0 fully saturated rings. The fourth-order valence-electron chi connectivity index (χ4n) is 1.74. The maximum absolute atomic E-state index is 12.2. The summed E-state index contributed by atoms with van der Waals surface area (Å²) in [5, 5.41) is 0. The van der Waals surface area contributed by atoms with Crippen molar-refractivity contribution in [2.24, 2.45) is 0 Å². The van der Waals surface area contributed by atoms with Gasteiger partial charge in [0.1, 0.15) is 5.76 Å². The zero-order chi connectivity index (χ0) is 17.7. The highest BCUT2D eigenvalue weighted by Gasteiger charge is 2.18. The number of Topliss-reactive ketones (excluding diaryl/α,β-unsaturated/α-hetero) is 1. The van der Waals surface area contributed by atoms with Gasteiger partial charge in [-0.25, -0.2) is 17.9 Å². The van der Waals surface area contributed by atoms with E-state index in [2.05, 4.69) is 4.72 Å². The fraction of sp³-hybridized carbons (Fsp3) is 0.250. The molecule has 1 aromatic heterocycles. The molecule has 2 aromatic rings. The van der Waals surface area contributed by atoms with Crippen molar-refractivity contribution in [1.29, 1.82) is 0 Å². The first-order valence-corrected chi connectivity index (χ1v) is 8.61. The van der Waals surface area contributed by atoms with Gasteiger partial charge in [-0.2, -0.15) is 0 Å². The quantitative estimate of drug-likeness (QED) is 0.764. The first-order chi connectivity index (χ1) is 11.3. The van der Waals surface area contributed by atoms with Gasteiger partial charge < -0.3 is 9.15 Å². The summed E-state index contributed by atoms with van der Waals surface area (Å²) in [6.45, 7) is 2.81. The first kappa shape index (κ1) is 17.9. The van der Waals surface area contributed by atoms with Crippen molar-refractivity contribution in [2.45, 2.75) is 31.4 Å². The van der Waals surface area contributed by atoms with Crippen molar-refractivity contribution in [3.8, 4) is 0 Å². The van der Waals surface area contributed by atoms with E-state index in [1.807, 2.05) is 0 Å². The standard InChI is InChI=1S/C16H17NO6S/c1-11(18)12(2)23-16(19)13-5-7-15(8-6-13)24(20,21)17-10-14-4-3-9-22-14/h3-9,12,17H,10H2,1-2H3. The lowest BCUT2D eigenvalue weighted by Crippen LogP contribution is -2.23. The number of nitrogens with one attached hydrogen (secondary N) is 1. The third-order valence-corrected chi connectivity index (χ3v) is 4.69. The number of furan rings is 1. The van der Waals surface area contributed by atoms with Gasteiger partial charge in [0.2, 0.25) is 10.0 Å². The molecule has 0 bridgehead atoms. The van der Waals surface area contributed by atoms with Crippen molar-refractivity contribution in [1.82, 2.24) is 4.72 Å². The molecule has 0 aliphatic heterocycles. The Hall–Kier alpha value is -2.45. The van der Waals surface area contributed by atoms with Crippen LogP contribution in [0, 0.1) is 0 Å². The van der Waals surface area contributed by atoms with Crippen molar-refractivity contribution >= 4 is 21.8 Å². The number of esters is 1. The van der Waals surface area contributed by atoms with Crippen LogP contribution in [0.3, 0.4) is 0 Å².